The summed E-state index contributed by atoms with van der Waals surface area (Å²) in [5.74, 6) is 1.27. The summed E-state index contributed by atoms with van der Waals surface area (Å²) in [6.45, 7) is 5.87. The lowest BCUT2D eigenvalue weighted by Gasteiger charge is -2.35. The monoisotopic (exact) mass is 370 g/mol. The lowest BCUT2D eigenvalue weighted by atomic mass is 9.94. The quantitative estimate of drug-likeness (QED) is 0.888. The van der Waals surface area contributed by atoms with Crippen molar-refractivity contribution < 1.29 is 14.3 Å². The molecule has 0 radical (unpaired) electrons. The molecule has 2 aliphatic heterocycles. The van der Waals surface area contributed by atoms with Crippen LogP contribution in [0.4, 0.5) is 0 Å². The summed E-state index contributed by atoms with van der Waals surface area (Å²) in [5, 5.41) is 0. The van der Waals surface area contributed by atoms with Crippen molar-refractivity contribution >= 4 is 22.8 Å². The van der Waals surface area contributed by atoms with Gasteiger partial charge in [0.1, 0.15) is 5.82 Å². The third kappa shape index (κ3) is 3.98. The Bertz CT molecular complexity index is 833. The lowest BCUT2D eigenvalue weighted by Crippen LogP contribution is -2.47. The van der Waals surface area contributed by atoms with Crippen LogP contribution in [0, 0.1) is 12.8 Å². The third-order valence-electron chi connectivity index (χ3n) is 5.54. The maximum Gasteiger partial charge on any atom is 0.226 e. The Hall–Kier alpha value is -2.41. The molecule has 2 aliphatic rings. The Morgan fingerprint density at radius 2 is 1.89 bits per heavy atom. The molecule has 4 rings (SSSR count). The van der Waals surface area contributed by atoms with E-state index >= 15 is 0 Å². The van der Waals surface area contributed by atoms with Crippen LogP contribution < -0.4 is 0 Å². The van der Waals surface area contributed by atoms with E-state index in [1.165, 1.54) is 0 Å². The van der Waals surface area contributed by atoms with E-state index in [1.807, 2.05) is 34.9 Å². The van der Waals surface area contributed by atoms with Crippen molar-refractivity contribution in [1.82, 2.24) is 19.8 Å². The first-order valence-corrected chi connectivity index (χ1v) is 9.70. The molecule has 0 saturated carbocycles. The minimum absolute atomic E-state index is 0.0384. The van der Waals surface area contributed by atoms with E-state index < -0.39 is 0 Å². The number of morpholine rings is 1. The maximum atomic E-state index is 12.7. The maximum absolute atomic E-state index is 12.7. The molecule has 0 bridgehead atoms. The number of imidazole rings is 1. The summed E-state index contributed by atoms with van der Waals surface area (Å²) in [6, 6.07) is 5.92. The Balaban J connectivity index is 1.31. The summed E-state index contributed by atoms with van der Waals surface area (Å²) >= 11 is 0. The number of aromatic amines is 1. The number of nitrogens with zero attached hydrogens (tertiary/aromatic N) is 3. The van der Waals surface area contributed by atoms with Crippen LogP contribution in [-0.4, -0.2) is 71.0 Å². The molecule has 1 aromatic carbocycles. The minimum atomic E-state index is 0.0384. The van der Waals surface area contributed by atoms with Gasteiger partial charge >= 0.3 is 0 Å². The SMILES string of the molecule is Cc1nc2ccc(CC(=O)N3CCC(C(=O)N4CCOCC4)CC3)cc2[nH]1. The van der Waals surface area contributed by atoms with Crippen LogP contribution in [0.15, 0.2) is 18.2 Å². The lowest BCUT2D eigenvalue weighted by molar-refractivity contribution is -0.143. The smallest absolute Gasteiger partial charge is 0.226 e. The van der Waals surface area contributed by atoms with Crippen molar-refractivity contribution in [3.63, 3.8) is 0 Å². The molecule has 7 heteroatoms. The van der Waals surface area contributed by atoms with Gasteiger partial charge in [-0.2, -0.15) is 0 Å². The van der Waals surface area contributed by atoms with Crippen LogP contribution in [-0.2, 0) is 20.7 Å². The van der Waals surface area contributed by atoms with Crippen LogP contribution in [0.3, 0.4) is 0 Å². The molecule has 3 heterocycles. The number of nitrogens with one attached hydrogen (secondary N) is 1. The minimum Gasteiger partial charge on any atom is -0.378 e. The number of H-pyrrole nitrogens is 1. The van der Waals surface area contributed by atoms with Gasteiger partial charge in [0, 0.05) is 32.1 Å². The van der Waals surface area contributed by atoms with Crippen molar-refractivity contribution in [2.75, 3.05) is 39.4 Å². The number of aryl methyl sites for hydroxylation is 1. The molecule has 144 valence electrons. The average Bonchev–Trinajstić information content (AvgIpc) is 3.07. The second-order valence-corrected chi connectivity index (χ2v) is 7.44. The molecule has 0 unspecified atom stereocenters. The molecule has 1 aromatic heterocycles. The second kappa shape index (κ2) is 7.68. The van der Waals surface area contributed by atoms with Crippen LogP contribution >= 0.6 is 0 Å². The Kier molecular flexibility index (Phi) is 5.11. The molecule has 1 N–H and O–H groups in total. The fraction of sp³-hybridized carbons (Fsp3) is 0.550. The van der Waals surface area contributed by atoms with E-state index in [1.54, 1.807) is 0 Å². The van der Waals surface area contributed by atoms with Gasteiger partial charge < -0.3 is 19.5 Å². The predicted molar refractivity (Wildman–Crippen MR) is 101 cm³/mol. The zero-order chi connectivity index (χ0) is 18.8. The second-order valence-electron chi connectivity index (χ2n) is 7.44. The van der Waals surface area contributed by atoms with E-state index in [-0.39, 0.29) is 17.7 Å². The van der Waals surface area contributed by atoms with Gasteiger partial charge in [-0.3, -0.25) is 9.59 Å². The summed E-state index contributed by atoms with van der Waals surface area (Å²) in [7, 11) is 0. The molecular weight excluding hydrogens is 344 g/mol. The van der Waals surface area contributed by atoms with Crippen molar-refractivity contribution in [3.8, 4) is 0 Å². The van der Waals surface area contributed by atoms with E-state index in [2.05, 4.69) is 9.97 Å². The van der Waals surface area contributed by atoms with Crippen LogP contribution in [0.1, 0.15) is 24.2 Å². The Labute approximate surface area is 158 Å². The van der Waals surface area contributed by atoms with Crippen LogP contribution in [0.2, 0.25) is 0 Å². The highest BCUT2D eigenvalue weighted by molar-refractivity contribution is 5.83. The van der Waals surface area contributed by atoms with Gasteiger partial charge in [0.15, 0.2) is 0 Å². The summed E-state index contributed by atoms with van der Waals surface area (Å²) < 4.78 is 5.32. The molecule has 0 atom stereocenters. The Morgan fingerprint density at radius 1 is 1.15 bits per heavy atom. The number of fused-ring (bicyclic) bond motifs is 1. The van der Waals surface area contributed by atoms with Gasteiger partial charge in [0.25, 0.3) is 0 Å². The van der Waals surface area contributed by atoms with Gasteiger partial charge in [-0.15, -0.1) is 0 Å². The molecule has 2 amide bonds. The summed E-state index contributed by atoms with van der Waals surface area (Å²) in [6.07, 6.45) is 1.89. The molecule has 7 nitrogen and oxygen atoms in total. The van der Waals surface area contributed by atoms with E-state index in [0.29, 0.717) is 45.8 Å². The van der Waals surface area contributed by atoms with Gasteiger partial charge in [0.05, 0.1) is 30.7 Å². The zero-order valence-corrected chi connectivity index (χ0v) is 15.7. The van der Waals surface area contributed by atoms with E-state index in [0.717, 1.165) is 35.3 Å². The molecule has 2 aromatic rings. The first kappa shape index (κ1) is 18.0. The fourth-order valence-electron chi connectivity index (χ4n) is 4.00. The number of hydrogen-bond donors (Lipinski definition) is 1. The fourth-order valence-corrected chi connectivity index (χ4v) is 4.00. The van der Waals surface area contributed by atoms with Crippen molar-refractivity contribution in [2.45, 2.75) is 26.2 Å². The van der Waals surface area contributed by atoms with Crippen molar-refractivity contribution in [1.29, 1.82) is 0 Å². The highest BCUT2D eigenvalue weighted by Crippen LogP contribution is 2.21. The van der Waals surface area contributed by atoms with Gasteiger partial charge in [-0.1, -0.05) is 6.07 Å². The molecule has 0 aliphatic carbocycles. The van der Waals surface area contributed by atoms with Crippen molar-refractivity contribution in [2.24, 2.45) is 5.92 Å². The normalized spacial score (nSPS) is 18.9. The molecule has 0 spiro atoms. The highest BCUT2D eigenvalue weighted by Gasteiger charge is 2.30. The number of rotatable bonds is 3. The standard InChI is InChI=1S/C20H26N4O3/c1-14-21-17-3-2-15(12-18(17)22-14)13-19(25)23-6-4-16(5-7-23)20(26)24-8-10-27-11-9-24/h2-3,12,16H,4-11,13H2,1H3,(H,21,22). The number of carbonyl (C=O) groups excluding carboxylic acids is 2. The molecule has 27 heavy (non-hydrogen) atoms. The van der Waals surface area contributed by atoms with Crippen LogP contribution in [0.5, 0.6) is 0 Å². The van der Waals surface area contributed by atoms with Crippen LogP contribution in [0.25, 0.3) is 11.0 Å². The van der Waals surface area contributed by atoms with Gasteiger partial charge in [0.2, 0.25) is 11.8 Å². The zero-order valence-electron chi connectivity index (χ0n) is 15.7. The number of carbonyl (C=O) groups is 2. The average molecular weight is 370 g/mol. The number of amides is 2. The summed E-state index contributed by atoms with van der Waals surface area (Å²) in [4.78, 5) is 36.7. The first-order chi connectivity index (χ1) is 13.1. The first-order valence-electron chi connectivity index (χ1n) is 9.70. The Morgan fingerprint density at radius 3 is 2.63 bits per heavy atom. The molecular formula is C20H26N4O3. The molecule has 2 saturated heterocycles. The van der Waals surface area contributed by atoms with E-state index in [9.17, 15) is 9.59 Å². The number of hydrogen-bond acceptors (Lipinski definition) is 4. The topological polar surface area (TPSA) is 78.5 Å². The number of likely N-dealkylation sites (tertiary alicyclic amines) is 1. The van der Waals surface area contributed by atoms with Gasteiger partial charge in [-0.05, 0) is 37.5 Å². The number of ether oxygens (including phenoxy) is 1. The number of aromatic nitrogens is 2. The third-order valence-corrected chi connectivity index (χ3v) is 5.54. The summed E-state index contributed by atoms with van der Waals surface area (Å²) in [5.41, 5.74) is 2.88. The largest absolute Gasteiger partial charge is 0.378 e. The van der Waals surface area contributed by atoms with E-state index in [4.69, 9.17) is 4.74 Å². The molecule has 2 fully saturated rings. The van der Waals surface area contributed by atoms with Crippen molar-refractivity contribution in [3.05, 3.63) is 29.6 Å². The number of piperidine rings is 1. The van der Waals surface area contributed by atoms with Gasteiger partial charge in [-0.25, -0.2) is 4.98 Å². The predicted octanol–water partition coefficient (Wildman–Crippen LogP) is 1.51. The number of benzene rings is 1. The highest BCUT2D eigenvalue weighted by atomic mass is 16.5.